The third-order valence-corrected chi connectivity index (χ3v) is 3.28. The maximum Gasteiger partial charge on any atom is 0.270 e. The Balaban J connectivity index is 1.84. The van der Waals surface area contributed by atoms with Gasteiger partial charge in [-0.05, 0) is 31.9 Å². The van der Waals surface area contributed by atoms with Crippen LogP contribution in [0.3, 0.4) is 0 Å². The molecule has 0 aliphatic carbocycles. The molecule has 0 saturated carbocycles. The summed E-state index contributed by atoms with van der Waals surface area (Å²) in [6.07, 6.45) is 5.09. The smallest absolute Gasteiger partial charge is 0.270 e. The maximum atomic E-state index is 12.0. The van der Waals surface area contributed by atoms with Crippen LogP contribution >= 0.6 is 0 Å². The van der Waals surface area contributed by atoms with Crippen molar-refractivity contribution in [2.24, 2.45) is 0 Å². The van der Waals surface area contributed by atoms with E-state index >= 15 is 0 Å². The fourth-order valence-corrected chi connectivity index (χ4v) is 2.20. The van der Waals surface area contributed by atoms with Crippen LogP contribution in [-0.4, -0.2) is 48.6 Å². The van der Waals surface area contributed by atoms with E-state index in [4.69, 9.17) is 0 Å². The van der Waals surface area contributed by atoms with E-state index in [0.717, 1.165) is 32.6 Å². The Morgan fingerprint density at radius 3 is 2.85 bits per heavy atom. The maximum absolute atomic E-state index is 12.0. The first-order chi connectivity index (χ1) is 9.81. The van der Waals surface area contributed by atoms with Crippen molar-refractivity contribution in [1.82, 2.24) is 20.6 Å². The number of hydrogen-bond donors (Lipinski definition) is 2. The van der Waals surface area contributed by atoms with Crippen LogP contribution in [-0.2, 0) is 0 Å². The Bertz CT molecular complexity index is 431. The van der Waals surface area contributed by atoms with Crippen molar-refractivity contribution in [3.05, 3.63) is 18.0 Å². The molecule has 6 nitrogen and oxygen atoms in total. The second kappa shape index (κ2) is 7.79. The standard InChI is InChI=1S/C14H23N5O/c1-2-6-15-8-9-16-13(20)12-5-7-17-14(18-12)19-10-3-4-11-19/h5,7,15H,2-4,6,8-11H2,1H3,(H,16,20). The van der Waals surface area contributed by atoms with E-state index in [1.54, 1.807) is 12.3 Å². The Morgan fingerprint density at radius 1 is 1.30 bits per heavy atom. The van der Waals surface area contributed by atoms with E-state index in [1.165, 1.54) is 12.8 Å². The number of amides is 1. The van der Waals surface area contributed by atoms with Gasteiger partial charge in [-0.25, -0.2) is 9.97 Å². The van der Waals surface area contributed by atoms with Crippen LogP contribution in [0.2, 0.25) is 0 Å². The lowest BCUT2D eigenvalue weighted by Gasteiger charge is -2.15. The second-order valence-electron chi connectivity index (χ2n) is 4.94. The number of rotatable bonds is 7. The van der Waals surface area contributed by atoms with Gasteiger partial charge in [0.15, 0.2) is 0 Å². The molecule has 0 atom stereocenters. The molecule has 2 heterocycles. The molecule has 0 aromatic carbocycles. The first-order valence-electron chi connectivity index (χ1n) is 7.38. The van der Waals surface area contributed by atoms with E-state index in [0.29, 0.717) is 18.2 Å². The zero-order valence-corrected chi connectivity index (χ0v) is 12.1. The monoisotopic (exact) mass is 277 g/mol. The van der Waals surface area contributed by atoms with Crippen LogP contribution in [0.1, 0.15) is 36.7 Å². The quantitative estimate of drug-likeness (QED) is 0.722. The molecule has 20 heavy (non-hydrogen) atoms. The lowest BCUT2D eigenvalue weighted by Crippen LogP contribution is -2.33. The Labute approximate surface area is 120 Å². The highest BCUT2D eigenvalue weighted by molar-refractivity contribution is 5.92. The zero-order chi connectivity index (χ0) is 14.2. The number of aromatic nitrogens is 2. The minimum absolute atomic E-state index is 0.133. The van der Waals surface area contributed by atoms with Gasteiger partial charge in [-0.3, -0.25) is 4.79 Å². The van der Waals surface area contributed by atoms with Crippen molar-refractivity contribution in [3.63, 3.8) is 0 Å². The SMILES string of the molecule is CCCNCCNC(=O)c1ccnc(N2CCCC2)n1. The van der Waals surface area contributed by atoms with E-state index in [1.807, 2.05) is 0 Å². The van der Waals surface area contributed by atoms with Gasteiger partial charge in [-0.15, -0.1) is 0 Å². The number of anilines is 1. The zero-order valence-electron chi connectivity index (χ0n) is 12.1. The highest BCUT2D eigenvalue weighted by Crippen LogP contribution is 2.15. The molecule has 1 saturated heterocycles. The summed E-state index contributed by atoms with van der Waals surface area (Å²) in [6, 6.07) is 1.66. The first-order valence-corrected chi connectivity index (χ1v) is 7.38. The van der Waals surface area contributed by atoms with E-state index < -0.39 is 0 Å². The molecule has 1 aromatic rings. The molecule has 0 bridgehead atoms. The van der Waals surface area contributed by atoms with Gasteiger partial charge in [0.05, 0.1) is 0 Å². The van der Waals surface area contributed by atoms with Crippen LogP contribution in [0.15, 0.2) is 12.3 Å². The normalized spacial score (nSPS) is 14.6. The Hall–Kier alpha value is -1.69. The molecule has 1 aromatic heterocycles. The Kier molecular flexibility index (Phi) is 5.73. The first kappa shape index (κ1) is 14.7. The number of nitrogens with zero attached hydrogens (tertiary/aromatic N) is 3. The molecule has 2 N–H and O–H groups in total. The molecule has 110 valence electrons. The third-order valence-electron chi connectivity index (χ3n) is 3.28. The summed E-state index contributed by atoms with van der Waals surface area (Å²) in [4.78, 5) is 22.7. The predicted molar refractivity (Wildman–Crippen MR) is 79.0 cm³/mol. The lowest BCUT2D eigenvalue weighted by molar-refractivity contribution is 0.0949. The minimum Gasteiger partial charge on any atom is -0.349 e. The largest absolute Gasteiger partial charge is 0.349 e. The summed E-state index contributed by atoms with van der Waals surface area (Å²) >= 11 is 0. The van der Waals surface area contributed by atoms with E-state index in [-0.39, 0.29) is 5.91 Å². The van der Waals surface area contributed by atoms with Crippen LogP contribution in [0.4, 0.5) is 5.95 Å². The number of nitrogens with one attached hydrogen (secondary N) is 2. The molecule has 2 rings (SSSR count). The van der Waals surface area contributed by atoms with Crippen molar-refractivity contribution < 1.29 is 4.79 Å². The third kappa shape index (κ3) is 4.16. The van der Waals surface area contributed by atoms with Crippen LogP contribution in [0, 0.1) is 0 Å². The summed E-state index contributed by atoms with van der Waals surface area (Å²) < 4.78 is 0. The highest BCUT2D eigenvalue weighted by atomic mass is 16.1. The van der Waals surface area contributed by atoms with E-state index in [2.05, 4.69) is 32.4 Å². The van der Waals surface area contributed by atoms with Crippen molar-refractivity contribution in [1.29, 1.82) is 0 Å². The minimum atomic E-state index is -0.133. The lowest BCUT2D eigenvalue weighted by atomic mass is 10.3. The summed E-state index contributed by atoms with van der Waals surface area (Å²) in [5.41, 5.74) is 0.442. The second-order valence-corrected chi connectivity index (χ2v) is 4.94. The van der Waals surface area contributed by atoms with E-state index in [9.17, 15) is 4.79 Å². The summed E-state index contributed by atoms with van der Waals surface area (Å²) in [6.45, 7) is 6.44. The molecule has 1 fully saturated rings. The Morgan fingerprint density at radius 2 is 2.10 bits per heavy atom. The van der Waals surface area contributed by atoms with Gasteiger partial charge < -0.3 is 15.5 Å². The summed E-state index contributed by atoms with van der Waals surface area (Å²) in [5.74, 6) is 0.533. The fraction of sp³-hybridized carbons (Fsp3) is 0.643. The average Bonchev–Trinajstić information content (AvgIpc) is 3.01. The van der Waals surface area contributed by atoms with Gasteiger partial charge in [0.25, 0.3) is 5.91 Å². The van der Waals surface area contributed by atoms with Gasteiger partial charge >= 0.3 is 0 Å². The van der Waals surface area contributed by atoms with Gasteiger partial charge in [0, 0.05) is 32.4 Å². The fourth-order valence-electron chi connectivity index (χ4n) is 2.20. The number of carbonyl (C=O) groups is 1. The van der Waals surface area contributed by atoms with Gasteiger partial charge in [-0.1, -0.05) is 6.92 Å². The highest BCUT2D eigenvalue weighted by Gasteiger charge is 2.16. The van der Waals surface area contributed by atoms with Gasteiger partial charge in [0.2, 0.25) is 5.95 Å². The molecular weight excluding hydrogens is 254 g/mol. The van der Waals surface area contributed by atoms with Crippen LogP contribution in [0.5, 0.6) is 0 Å². The average molecular weight is 277 g/mol. The summed E-state index contributed by atoms with van der Waals surface area (Å²) in [5, 5.41) is 6.11. The molecular formula is C14H23N5O. The molecule has 6 heteroatoms. The molecule has 1 aliphatic heterocycles. The molecule has 0 spiro atoms. The van der Waals surface area contributed by atoms with Crippen LogP contribution in [0.25, 0.3) is 0 Å². The number of hydrogen-bond acceptors (Lipinski definition) is 5. The van der Waals surface area contributed by atoms with Crippen molar-refractivity contribution in [2.75, 3.05) is 37.6 Å². The molecule has 1 amide bonds. The van der Waals surface area contributed by atoms with Crippen LogP contribution < -0.4 is 15.5 Å². The molecule has 1 aliphatic rings. The van der Waals surface area contributed by atoms with Crippen molar-refractivity contribution >= 4 is 11.9 Å². The number of carbonyl (C=O) groups excluding carboxylic acids is 1. The predicted octanol–water partition coefficient (Wildman–Crippen LogP) is 0.806. The summed E-state index contributed by atoms with van der Waals surface area (Å²) in [7, 11) is 0. The van der Waals surface area contributed by atoms with Crippen molar-refractivity contribution in [3.8, 4) is 0 Å². The molecule has 0 radical (unpaired) electrons. The molecule has 0 unspecified atom stereocenters. The van der Waals surface area contributed by atoms with Gasteiger partial charge in [0.1, 0.15) is 5.69 Å². The van der Waals surface area contributed by atoms with Crippen molar-refractivity contribution in [2.45, 2.75) is 26.2 Å². The topological polar surface area (TPSA) is 70.2 Å². The van der Waals surface area contributed by atoms with Gasteiger partial charge in [-0.2, -0.15) is 0 Å².